The molecule has 2 rings (SSSR count). The zero-order chi connectivity index (χ0) is 18.2. The van der Waals surface area contributed by atoms with Crippen molar-refractivity contribution >= 4 is 11.9 Å². The highest BCUT2D eigenvalue weighted by Crippen LogP contribution is 2.17. The lowest BCUT2D eigenvalue weighted by molar-refractivity contribution is 0.0694. The third-order valence-corrected chi connectivity index (χ3v) is 3.70. The van der Waals surface area contributed by atoms with Gasteiger partial charge in [-0.15, -0.1) is 0 Å². The van der Waals surface area contributed by atoms with Gasteiger partial charge in [0.05, 0.1) is 6.61 Å². The lowest BCUT2D eigenvalue weighted by atomic mass is 10.2. The number of rotatable bonds is 9. The summed E-state index contributed by atoms with van der Waals surface area (Å²) in [5.41, 5.74) is 0.919. The second-order valence-corrected chi connectivity index (χ2v) is 5.64. The van der Waals surface area contributed by atoms with Crippen molar-refractivity contribution in [3.05, 3.63) is 53.0 Å². The molecule has 0 aliphatic carbocycles. The van der Waals surface area contributed by atoms with Crippen LogP contribution in [0.1, 0.15) is 58.9 Å². The first-order chi connectivity index (χ1) is 12.0. The Morgan fingerprint density at radius 2 is 2.04 bits per heavy atom. The molecule has 0 atom stereocenters. The molecule has 0 unspecified atom stereocenters. The molecule has 0 fully saturated rings. The molecule has 134 valence electrons. The van der Waals surface area contributed by atoms with Gasteiger partial charge in [0.1, 0.15) is 17.1 Å². The van der Waals surface area contributed by atoms with Gasteiger partial charge < -0.3 is 19.6 Å². The molecular weight excluding hydrogens is 322 g/mol. The van der Waals surface area contributed by atoms with E-state index in [0.717, 1.165) is 24.2 Å². The van der Waals surface area contributed by atoms with Crippen LogP contribution < -0.4 is 10.1 Å². The van der Waals surface area contributed by atoms with Gasteiger partial charge in [-0.05, 0) is 24.1 Å². The number of hydrogen-bond donors (Lipinski definition) is 2. The van der Waals surface area contributed by atoms with Gasteiger partial charge in [-0.1, -0.05) is 32.4 Å². The van der Waals surface area contributed by atoms with Crippen LogP contribution in [0, 0.1) is 0 Å². The number of benzene rings is 1. The Morgan fingerprint density at radius 3 is 2.68 bits per heavy atom. The van der Waals surface area contributed by atoms with Crippen molar-refractivity contribution in [2.24, 2.45) is 0 Å². The summed E-state index contributed by atoms with van der Waals surface area (Å²) in [6.45, 7) is 4.84. The van der Waals surface area contributed by atoms with Crippen molar-refractivity contribution in [2.45, 2.75) is 39.7 Å². The van der Waals surface area contributed by atoms with Gasteiger partial charge in [0.15, 0.2) is 5.76 Å². The van der Waals surface area contributed by atoms with Crippen LogP contribution in [0.4, 0.5) is 0 Å². The number of ether oxygens (including phenoxy) is 1. The molecule has 2 aromatic rings. The first kappa shape index (κ1) is 18.6. The maximum absolute atomic E-state index is 12.2. The van der Waals surface area contributed by atoms with Crippen LogP contribution in [-0.2, 0) is 13.0 Å². The molecule has 6 heteroatoms. The largest absolute Gasteiger partial charge is 0.494 e. The van der Waals surface area contributed by atoms with Crippen LogP contribution in [0.25, 0.3) is 0 Å². The van der Waals surface area contributed by atoms with E-state index in [-0.39, 0.29) is 11.3 Å². The molecular formula is C19H23NO5. The summed E-state index contributed by atoms with van der Waals surface area (Å²) in [6, 6.07) is 8.77. The quantitative estimate of drug-likeness (QED) is 0.677. The maximum Gasteiger partial charge on any atom is 0.339 e. The van der Waals surface area contributed by atoms with Crippen LogP contribution >= 0.6 is 0 Å². The predicted molar refractivity (Wildman–Crippen MR) is 93.1 cm³/mol. The number of carbonyl (C=O) groups is 2. The Labute approximate surface area is 146 Å². The van der Waals surface area contributed by atoms with Gasteiger partial charge in [0, 0.05) is 19.0 Å². The Kier molecular flexibility index (Phi) is 6.62. The number of amides is 1. The molecule has 6 nitrogen and oxygen atoms in total. The van der Waals surface area contributed by atoms with Crippen LogP contribution in [-0.4, -0.2) is 23.6 Å². The molecule has 25 heavy (non-hydrogen) atoms. The van der Waals surface area contributed by atoms with Crippen LogP contribution in [0.2, 0.25) is 0 Å². The summed E-state index contributed by atoms with van der Waals surface area (Å²) < 4.78 is 11.0. The maximum atomic E-state index is 12.2. The van der Waals surface area contributed by atoms with E-state index in [2.05, 4.69) is 12.2 Å². The second-order valence-electron chi connectivity index (χ2n) is 5.64. The van der Waals surface area contributed by atoms with Crippen molar-refractivity contribution in [3.63, 3.8) is 0 Å². The highest BCUT2D eigenvalue weighted by Gasteiger charge is 2.19. The molecule has 0 saturated heterocycles. The summed E-state index contributed by atoms with van der Waals surface area (Å²) in [5.74, 6) is -0.482. The SMILES string of the molecule is CCCCOc1cccc(CNC(=O)c2cc(C(=O)O)c(CC)o2)c1. The number of carbonyl (C=O) groups excluding carboxylic acids is 1. The van der Waals surface area contributed by atoms with Gasteiger partial charge in [0.2, 0.25) is 0 Å². The molecule has 0 bridgehead atoms. The van der Waals surface area contributed by atoms with Crippen LogP contribution in [0.15, 0.2) is 34.7 Å². The predicted octanol–water partition coefficient (Wildman–Crippen LogP) is 3.65. The fourth-order valence-electron chi connectivity index (χ4n) is 2.33. The molecule has 1 amide bonds. The topological polar surface area (TPSA) is 88.8 Å². The number of carboxylic acids is 1. The average Bonchev–Trinajstić information content (AvgIpc) is 3.05. The number of unbranched alkanes of at least 4 members (excludes halogenated alkanes) is 1. The van der Waals surface area contributed by atoms with E-state index in [9.17, 15) is 9.59 Å². The molecule has 1 aromatic heterocycles. The molecule has 0 aliphatic rings. The van der Waals surface area contributed by atoms with E-state index in [1.165, 1.54) is 6.07 Å². The monoisotopic (exact) mass is 345 g/mol. The Bertz CT molecular complexity index is 735. The lowest BCUT2D eigenvalue weighted by Gasteiger charge is -2.08. The van der Waals surface area contributed by atoms with E-state index < -0.39 is 11.9 Å². The first-order valence-corrected chi connectivity index (χ1v) is 8.41. The summed E-state index contributed by atoms with van der Waals surface area (Å²) >= 11 is 0. The molecule has 0 saturated carbocycles. The van der Waals surface area contributed by atoms with Crippen LogP contribution in [0.5, 0.6) is 5.75 Å². The number of hydrogen-bond acceptors (Lipinski definition) is 4. The van der Waals surface area contributed by atoms with Gasteiger partial charge in [-0.2, -0.15) is 0 Å². The smallest absolute Gasteiger partial charge is 0.339 e. The van der Waals surface area contributed by atoms with E-state index in [0.29, 0.717) is 25.3 Å². The fourth-order valence-corrected chi connectivity index (χ4v) is 2.33. The molecule has 1 aromatic carbocycles. The molecule has 0 spiro atoms. The minimum Gasteiger partial charge on any atom is -0.494 e. The summed E-state index contributed by atoms with van der Waals surface area (Å²) in [5, 5.41) is 11.8. The highest BCUT2D eigenvalue weighted by molar-refractivity contribution is 5.96. The minimum atomic E-state index is -1.10. The zero-order valence-corrected chi connectivity index (χ0v) is 14.5. The van der Waals surface area contributed by atoms with E-state index in [4.69, 9.17) is 14.3 Å². The van der Waals surface area contributed by atoms with E-state index in [1.807, 2.05) is 24.3 Å². The third-order valence-electron chi connectivity index (χ3n) is 3.70. The van der Waals surface area contributed by atoms with Crippen molar-refractivity contribution in [1.82, 2.24) is 5.32 Å². The second kappa shape index (κ2) is 8.92. The van der Waals surface area contributed by atoms with Crippen molar-refractivity contribution < 1.29 is 23.8 Å². The number of carboxylic acid groups (broad SMARTS) is 1. The van der Waals surface area contributed by atoms with Gasteiger partial charge in [-0.3, -0.25) is 4.79 Å². The van der Waals surface area contributed by atoms with Gasteiger partial charge >= 0.3 is 5.97 Å². The van der Waals surface area contributed by atoms with Crippen molar-refractivity contribution in [1.29, 1.82) is 0 Å². The highest BCUT2D eigenvalue weighted by atomic mass is 16.5. The number of aryl methyl sites for hydroxylation is 1. The molecule has 0 aliphatic heterocycles. The molecule has 0 radical (unpaired) electrons. The summed E-state index contributed by atoms with van der Waals surface area (Å²) in [6.07, 6.45) is 2.47. The lowest BCUT2D eigenvalue weighted by Crippen LogP contribution is -2.22. The van der Waals surface area contributed by atoms with E-state index >= 15 is 0 Å². The number of nitrogens with one attached hydrogen (secondary N) is 1. The zero-order valence-electron chi connectivity index (χ0n) is 14.5. The van der Waals surface area contributed by atoms with Crippen LogP contribution in [0.3, 0.4) is 0 Å². The minimum absolute atomic E-state index is 0.00426. The Balaban J connectivity index is 1.98. The normalized spacial score (nSPS) is 10.5. The molecule has 2 N–H and O–H groups in total. The Morgan fingerprint density at radius 1 is 1.24 bits per heavy atom. The standard InChI is InChI=1S/C19H23NO5/c1-3-5-9-24-14-8-6-7-13(10-14)12-20-18(21)17-11-15(19(22)23)16(4-2)25-17/h6-8,10-11H,3-5,9,12H2,1-2H3,(H,20,21)(H,22,23). The van der Waals surface area contributed by atoms with E-state index in [1.54, 1.807) is 6.92 Å². The third kappa shape index (κ3) is 5.11. The average molecular weight is 345 g/mol. The number of furan rings is 1. The summed E-state index contributed by atoms with van der Waals surface area (Å²) in [7, 11) is 0. The van der Waals surface area contributed by atoms with Crippen molar-refractivity contribution in [3.8, 4) is 5.75 Å². The fraction of sp³-hybridized carbons (Fsp3) is 0.368. The number of aromatic carboxylic acids is 1. The van der Waals surface area contributed by atoms with Gasteiger partial charge in [0.25, 0.3) is 5.91 Å². The summed E-state index contributed by atoms with van der Waals surface area (Å²) in [4.78, 5) is 23.3. The van der Waals surface area contributed by atoms with Gasteiger partial charge in [-0.25, -0.2) is 4.79 Å². The molecule has 1 heterocycles. The first-order valence-electron chi connectivity index (χ1n) is 8.41. The Hall–Kier alpha value is -2.76. The van der Waals surface area contributed by atoms with Crippen molar-refractivity contribution in [2.75, 3.05) is 6.61 Å².